The molecule has 10 heteroatoms. The van der Waals surface area contributed by atoms with E-state index in [4.69, 9.17) is 5.11 Å². The Morgan fingerprint density at radius 3 is 2.66 bits per heavy atom. The predicted molar refractivity (Wildman–Crippen MR) is 107 cm³/mol. The van der Waals surface area contributed by atoms with Gasteiger partial charge >= 0.3 is 10.8 Å². The maximum atomic E-state index is 13.0. The molecule has 2 aliphatic heterocycles. The molecule has 0 radical (unpaired) electrons. The number of nitrogens with one attached hydrogen (secondary N) is 1. The quantitative estimate of drug-likeness (QED) is 0.696. The van der Waals surface area contributed by atoms with Crippen LogP contribution in [0.4, 0.5) is 0 Å². The number of hydrogen-bond donors (Lipinski definition) is 2. The summed E-state index contributed by atoms with van der Waals surface area (Å²) in [6, 6.07) is 4.08. The van der Waals surface area contributed by atoms with Gasteiger partial charge in [0.15, 0.2) is 0 Å². The molecule has 2 N–H and O–H groups in total. The van der Waals surface area contributed by atoms with E-state index in [1.807, 2.05) is 11.4 Å². The van der Waals surface area contributed by atoms with Gasteiger partial charge in [-0.2, -0.15) is 0 Å². The van der Waals surface area contributed by atoms with E-state index in [0.29, 0.717) is 0 Å². The molecule has 2 aromatic heterocycles. The standard InChI is InChI=1S/C19H16N2O5S3/c22-9(23)5-21-17(24)11-6-4-7(12(11)18(21)25)14-10(6)13(8-2-1-3-27-8)15-16(28-14)20-19(26)29-15/h1-3,6-7,10-14H,4-5H2,(H,20,26)(H,22,23)/t6?,7?,10?,11?,12?,13-,14?/m1/s1. The lowest BCUT2D eigenvalue weighted by molar-refractivity contribution is -0.149. The number of carboxylic acids is 1. The number of carbonyl (C=O) groups excluding carboxylic acids is 2. The molecule has 7 nitrogen and oxygen atoms in total. The zero-order chi connectivity index (χ0) is 20.0. The number of likely N-dealkylation sites (tertiary alicyclic amines) is 1. The normalized spacial score (nSPS) is 37.0. The lowest BCUT2D eigenvalue weighted by atomic mass is 9.69. The highest BCUT2D eigenvalue weighted by Gasteiger charge is 2.69. The maximum absolute atomic E-state index is 13.0. The smallest absolute Gasteiger partial charge is 0.323 e. The van der Waals surface area contributed by atoms with E-state index in [0.717, 1.165) is 21.2 Å². The van der Waals surface area contributed by atoms with E-state index in [1.165, 1.54) is 16.2 Å². The van der Waals surface area contributed by atoms with Gasteiger partial charge in [0, 0.05) is 20.9 Å². The lowest BCUT2D eigenvalue weighted by Gasteiger charge is -2.42. The van der Waals surface area contributed by atoms with Crippen molar-refractivity contribution in [3.8, 4) is 0 Å². The molecule has 4 heterocycles. The summed E-state index contributed by atoms with van der Waals surface area (Å²) in [5, 5.41) is 12.2. The van der Waals surface area contributed by atoms with Gasteiger partial charge in [0.2, 0.25) is 11.8 Å². The Hall–Kier alpha value is -1.91. The number of thiazole rings is 1. The van der Waals surface area contributed by atoms with Gasteiger partial charge < -0.3 is 10.1 Å². The number of fused-ring (bicyclic) bond motifs is 9. The van der Waals surface area contributed by atoms with E-state index < -0.39 is 24.3 Å². The summed E-state index contributed by atoms with van der Waals surface area (Å²) in [6.45, 7) is -0.554. The summed E-state index contributed by atoms with van der Waals surface area (Å²) in [6.07, 6.45) is 0.817. The monoisotopic (exact) mass is 448 g/mol. The largest absolute Gasteiger partial charge is 0.480 e. The SMILES string of the molecule is O=C(O)CN1C(=O)C2C3CC(C2C1=O)C1C3Sc2[nH]c(=O)sc2[C@@H]1c1cccs1. The van der Waals surface area contributed by atoms with Crippen molar-refractivity contribution < 1.29 is 19.5 Å². The number of nitrogens with zero attached hydrogens (tertiary/aromatic N) is 1. The topological polar surface area (TPSA) is 108 Å². The molecule has 6 unspecified atom stereocenters. The highest BCUT2D eigenvalue weighted by molar-refractivity contribution is 8.00. The van der Waals surface area contributed by atoms with Crippen LogP contribution in [0.15, 0.2) is 27.3 Å². The minimum absolute atomic E-state index is 0.0364. The minimum Gasteiger partial charge on any atom is -0.480 e. The Labute approximate surface area is 177 Å². The molecule has 4 aliphatic rings. The number of carbonyl (C=O) groups is 3. The molecular weight excluding hydrogens is 432 g/mol. The Balaban J connectivity index is 1.45. The predicted octanol–water partition coefficient (Wildman–Crippen LogP) is 2.06. The third kappa shape index (κ3) is 2.30. The second-order valence-corrected chi connectivity index (χ2v) is 11.3. The maximum Gasteiger partial charge on any atom is 0.323 e. The van der Waals surface area contributed by atoms with Gasteiger partial charge in [-0.25, -0.2) is 0 Å². The molecule has 2 saturated carbocycles. The molecule has 1 saturated heterocycles. The van der Waals surface area contributed by atoms with Crippen molar-refractivity contribution in [1.29, 1.82) is 0 Å². The van der Waals surface area contributed by atoms with Crippen LogP contribution in [0.25, 0.3) is 0 Å². The second kappa shape index (κ2) is 6.05. The molecule has 2 aliphatic carbocycles. The zero-order valence-corrected chi connectivity index (χ0v) is 17.4. The van der Waals surface area contributed by atoms with Crippen molar-refractivity contribution in [2.24, 2.45) is 29.6 Å². The number of H-pyrrole nitrogens is 1. The molecule has 2 bridgehead atoms. The Kier molecular flexibility index (Phi) is 3.74. The van der Waals surface area contributed by atoms with Crippen LogP contribution in [-0.4, -0.2) is 44.6 Å². The molecule has 7 atom stereocenters. The fourth-order valence-electron chi connectivity index (χ4n) is 6.16. The van der Waals surface area contributed by atoms with Gasteiger partial charge in [0.1, 0.15) is 6.54 Å². The first-order chi connectivity index (χ1) is 14.0. The summed E-state index contributed by atoms with van der Waals surface area (Å²) in [7, 11) is 0. The van der Waals surface area contributed by atoms with Crippen molar-refractivity contribution in [3.05, 3.63) is 36.9 Å². The molecule has 0 aromatic carbocycles. The van der Waals surface area contributed by atoms with Gasteiger partial charge in [-0.1, -0.05) is 17.4 Å². The Morgan fingerprint density at radius 2 is 1.97 bits per heavy atom. The average Bonchev–Trinajstić information content (AvgIpc) is 3.45. The van der Waals surface area contributed by atoms with E-state index in [1.54, 1.807) is 23.1 Å². The highest BCUT2D eigenvalue weighted by atomic mass is 32.2. The van der Waals surface area contributed by atoms with Crippen LogP contribution in [-0.2, 0) is 14.4 Å². The first-order valence-electron chi connectivity index (χ1n) is 9.45. The summed E-state index contributed by atoms with van der Waals surface area (Å²) >= 11 is 4.54. The van der Waals surface area contributed by atoms with Crippen molar-refractivity contribution in [3.63, 3.8) is 0 Å². The Bertz CT molecular complexity index is 1110. The van der Waals surface area contributed by atoms with Crippen LogP contribution in [0, 0.1) is 29.6 Å². The summed E-state index contributed by atoms with van der Waals surface area (Å²) in [5.74, 6) is -2.36. The van der Waals surface area contributed by atoms with Gasteiger partial charge in [0.25, 0.3) is 0 Å². The van der Waals surface area contributed by atoms with Crippen molar-refractivity contribution >= 4 is 52.2 Å². The zero-order valence-electron chi connectivity index (χ0n) is 14.9. The van der Waals surface area contributed by atoms with Crippen LogP contribution >= 0.6 is 34.4 Å². The first-order valence-corrected chi connectivity index (χ1v) is 12.0. The number of aromatic amines is 1. The number of carboxylic acid groups (broad SMARTS) is 1. The van der Waals surface area contributed by atoms with Crippen LogP contribution in [0.3, 0.4) is 0 Å². The molecule has 29 heavy (non-hydrogen) atoms. The molecule has 6 rings (SSSR count). The van der Waals surface area contributed by atoms with Crippen LogP contribution in [0.5, 0.6) is 0 Å². The van der Waals surface area contributed by atoms with Crippen LogP contribution in [0.1, 0.15) is 22.1 Å². The summed E-state index contributed by atoms with van der Waals surface area (Å²) < 4.78 is 0. The van der Waals surface area contributed by atoms with Gasteiger partial charge in [-0.3, -0.25) is 24.1 Å². The van der Waals surface area contributed by atoms with E-state index in [-0.39, 0.29) is 45.6 Å². The fourth-order valence-corrected chi connectivity index (χ4v) is 10.0. The lowest BCUT2D eigenvalue weighted by Crippen LogP contribution is -2.42. The third-order valence-corrected chi connectivity index (χ3v) is 10.5. The van der Waals surface area contributed by atoms with Crippen molar-refractivity contribution in [1.82, 2.24) is 9.88 Å². The van der Waals surface area contributed by atoms with E-state index in [2.05, 4.69) is 11.1 Å². The number of hydrogen-bond acceptors (Lipinski definition) is 7. The Morgan fingerprint density at radius 1 is 1.21 bits per heavy atom. The number of amides is 2. The van der Waals surface area contributed by atoms with Crippen molar-refractivity contribution in [2.45, 2.75) is 22.6 Å². The highest BCUT2D eigenvalue weighted by Crippen LogP contribution is 2.68. The number of thioether (sulfide) groups is 1. The first kappa shape index (κ1) is 17.9. The second-order valence-electron chi connectivity index (χ2n) is 8.13. The van der Waals surface area contributed by atoms with E-state index in [9.17, 15) is 19.2 Å². The number of thiophene rings is 1. The van der Waals surface area contributed by atoms with Crippen LogP contribution in [0.2, 0.25) is 0 Å². The van der Waals surface area contributed by atoms with Crippen molar-refractivity contribution in [2.75, 3.05) is 6.54 Å². The summed E-state index contributed by atoms with van der Waals surface area (Å²) in [5.41, 5.74) is 0. The van der Waals surface area contributed by atoms with Gasteiger partial charge in [-0.05, 0) is 35.6 Å². The molecule has 0 spiro atoms. The fraction of sp³-hybridized carbons (Fsp3) is 0.474. The summed E-state index contributed by atoms with van der Waals surface area (Å²) in [4.78, 5) is 55.3. The number of aliphatic carboxylic acids is 1. The molecule has 150 valence electrons. The number of imide groups is 1. The third-order valence-electron chi connectivity index (χ3n) is 6.96. The van der Waals surface area contributed by atoms with E-state index >= 15 is 0 Å². The van der Waals surface area contributed by atoms with Gasteiger partial charge in [-0.15, -0.1) is 23.1 Å². The molecule has 2 aromatic rings. The number of rotatable bonds is 3. The minimum atomic E-state index is -1.16. The van der Waals surface area contributed by atoms with Crippen LogP contribution < -0.4 is 4.87 Å². The molecule has 3 fully saturated rings. The number of aromatic nitrogens is 1. The average molecular weight is 449 g/mol. The molecule has 2 amide bonds. The van der Waals surface area contributed by atoms with Gasteiger partial charge in [0.05, 0.1) is 16.9 Å². The molecular formula is C19H16N2O5S3.